The third-order valence-corrected chi connectivity index (χ3v) is 5.51. The Morgan fingerprint density at radius 3 is 2.41 bits per heavy atom. The molecule has 1 aliphatic rings. The van der Waals surface area contributed by atoms with Crippen LogP contribution in [0.25, 0.3) is 11.4 Å². The maximum Gasteiger partial charge on any atom is 0.323 e. The van der Waals surface area contributed by atoms with E-state index in [0.717, 1.165) is 5.56 Å². The molecule has 0 bridgehead atoms. The van der Waals surface area contributed by atoms with Gasteiger partial charge in [0.15, 0.2) is 0 Å². The number of benzene rings is 2. The molecule has 1 aromatic heterocycles. The number of aromatic nitrogens is 2. The summed E-state index contributed by atoms with van der Waals surface area (Å²) in [6.07, 6.45) is 0. The molecule has 1 fully saturated rings. The van der Waals surface area contributed by atoms with Crippen molar-refractivity contribution in [3.63, 3.8) is 0 Å². The van der Waals surface area contributed by atoms with Gasteiger partial charge in [-0.2, -0.15) is 0 Å². The number of methoxy groups -OCH3 is 2. The van der Waals surface area contributed by atoms with Crippen molar-refractivity contribution in [3.05, 3.63) is 58.9 Å². The number of urea groups is 1. The number of nitrogens with one attached hydrogen (secondary N) is 2. The topological polar surface area (TPSA) is 107 Å². The molecule has 0 saturated carbocycles. The minimum atomic E-state index is -0.420. The highest BCUT2D eigenvalue weighted by Crippen LogP contribution is 2.29. The highest BCUT2D eigenvalue weighted by molar-refractivity contribution is 6.00. The molecule has 2 heterocycles. The van der Waals surface area contributed by atoms with E-state index in [4.69, 9.17) is 19.2 Å². The molecule has 1 saturated heterocycles. The molecule has 1 aliphatic heterocycles. The summed E-state index contributed by atoms with van der Waals surface area (Å²) < 4.78 is 17.4. The predicted molar refractivity (Wildman–Crippen MR) is 130 cm³/mol. The second-order valence-electron chi connectivity index (χ2n) is 7.66. The Morgan fingerprint density at radius 2 is 1.74 bits per heavy atom. The average molecular weight is 466 g/mol. The van der Waals surface area contributed by atoms with E-state index >= 15 is 0 Å². The summed E-state index contributed by atoms with van der Waals surface area (Å²) in [4.78, 5) is 31.8. The van der Waals surface area contributed by atoms with Gasteiger partial charge in [-0.25, -0.2) is 9.78 Å². The molecular formula is C24H27N5O5. The fraction of sp³-hybridized carbons (Fsp3) is 0.292. The molecule has 0 radical (unpaired) electrons. The summed E-state index contributed by atoms with van der Waals surface area (Å²) in [6.45, 7) is 2.60. The van der Waals surface area contributed by atoms with E-state index in [0.29, 0.717) is 60.8 Å². The molecule has 2 aromatic carbocycles. The third kappa shape index (κ3) is 5.12. The van der Waals surface area contributed by atoms with E-state index < -0.39 is 6.03 Å². The Balaban J connectivity index is 1.49. The van der Waals surface area contributed by atoms with Gasteiger partial charge in [-0.3, -0.25) is 9.36 Å². The molecule has 34 heavy (non-hydrogen) atoms. The molecule has 10 nitrogen and oxygen atoms in total. The van der Waals surface area contributed by atoms with E-state index in [1.54, 1.807) is 50.6 Å². The number of carbonyl (C=O) groups is 1. The molecular weight excluding hydrogens is 438 g/mol. The second-order valence-corrected chi connectivity index (χ2v) is 7.66. The summed E-state index contributed by atoms with van der Waals surface area (Å²) >= 11 is 0. The highest BCUT2D eigenvalue weighted by atomic mass is 16.5. The van der Waals surface area contributed by atoms with Crippen molar-refractivity contribution in [3.8, 4) is 22.9 Å². The SMILES string of the molecule is COc1ccc(NC(=O)Nc2ccc(-c3nc(N4CCOCC4)cc(=O)n3C)cc2)c(OC)c1. The van der Waals surface area contributed by atoms with Gasteiger partial charge >= 0.3 is 6.03 Å². The van der Waals surface area contributed by atoms with Gasteiger partial charge in [0.25, 0.3) is 5.56 Å². The van der Waals surface area contributed by atoms with Crippen molar-refractivity contribution < 1.29 is 19.0 Å². The molecule has 178 valence electrons. The maximum absolute atomic E-state index is 12.5. The zero-order valence-electron chi connectivity index (χ0n) is 19.3. The Bertz CT molecular complexity index is 1220. The quantitative estimate of drug-likeness (QED) is 0.576. The van der Waals surface area contributed by atoms with Crippen molar-refractivity contribution in [1.29, 1.82) is 0 Å². The van der Waals surface area contributed by atoms with Crippen LogP contribution in [0.3, 0.4) is 0 Å². The lowest BCUT2D eigenvalue weighted by Gasteiger charge is -2.28. The number of rotatable bonds is 6. The van der Waals surface area contributed by atoms with Crippen molar-refractivity contribution in [2.75, 3.05) is 56.1 Å². The van der Waals surface area contributed by atoms with Gasteiger partial charge in [-0.15, -0.1) is 0 Å². The molecule has 3 aromatic rings. The van der Waals surface area contributed by atoms with Crippen LogP contribution in [0.4, 0.5) is 22.0 Å². The zero-order chi connectivity index (χ0) is 24.1. The number of carbonyl (C=O) groups excluding carboxylic acids is 1. The van der Waals surface area contributed by atoms with Crippen molar-refractivity contribution >= 4 is 23.2 Å². The fourth-order valence-corrected chi connectivity index (χ4v) is 3.63. The monoisotopic (exact) mass is 465 g/mol. The lowest BCUT2D eigenvalue weighted by molar-refractivity contribution is 0.122. The van der Waals surface area contributed by atoms with E-state index in [2.05, 4.69) is 10.6 Å². The van der Waals surface area contributed by atoms with Crippen LogP contribution in [0, 0.1) is 0 Å². The van der Waals surface area contributed by atoms with Crippen LogP contribution in [0.2, 0.25) is 0 Å². The first kappa shape index (κ1) is 23.1. The molecule has 0 atom stereocenters. The van der Waals surface area contributed by atoms with Gasteiger partial charge in [-0.05, 0) is 36.4 Å². The third-order valence-electron chi connectivity index (χ3n) is 5.51. The number of ether oxygens (including phenoxy) is 3. The molecule has 10 heteroatoms. The van der Waals surface area contributed by atoms with Gasteiger partial charge in [0.05, 0.1) is 33.1 Å². The molecule has 0 spiro atoms. The Labute approximate surface area is 197 Å². The van der Waals surface area contributed by atoms with Gasteiger partial charge in [0.1, 0.15) is 23.1 Å². The zero-order valence-corrected chi connectivity index (χ0v) is 19.3. The first-order valence-electron chi connectivity index (χ1n) is 10.8. The molecule has 0 unspecified atom stereocenters. The van der Waals surface area contributed by atoms with Gasteiger partial charge in [-0.1, -0.05) is 0 Å². The number of nitrogens with zero attached hydrogens (tertiary/aromatic N) is 3. The van der Waals surface area contributed by atoms with E-state index in [-0.39, 0.29) is 5.56 Å². The number of amides is 2. The van der Waals surface area contributed by atoms with E-state index in [9.17, 15) is 9.59 Å². The van der Waals surface area contributed by atoms with Crippen LogP contribution in [0.1, 0.15) is 0 Å². The Hall–Kier alpha value is -4.05. The first-order chi connectivity index (χ1) is 16.5. The lowest BCUT2D eigenvalue weighted by Crippen LogP contribution is -2.38. The second kappa shape index (κ2) is 10.3. The lowest BCUT2D eigenvalue weighted by atomic mass is 10.2. The summed E-state index contributed by atoms with van der Waals surface area (Å²) in [5.74, 6) is 2.29. The number of morpholine rings is 1. The van der Waals surface area contributed by atoms with E-state index in [1.165, 1.54) is 11.7 Å². The molecule has 4 rings (SSSR count). The summed E-state index contributed by atoms with van der Waals surface area (Å²) in [6, 6.07) is 13.4. The smallest absolute Gasteiger partial charge is 0.323 e. The minimum Gasteiger partial charge on any atom is -0.497 e. The number of anilines is 3. The predicted octanol–water partition coefficient (Wildman–Crippen LogP) is 2.95. The Morgan fingerprint density at radius 1 is 1.00 bits per heavy atom. The van der Waals surface area contributed by atoms with Gasteiger partial charge in [0.2, 0.25) is 0 Å². The maximum atomic E-state index is 12.5. The Kier molecular flexibility index (Phi) is 6.98. The molecule has 0 aliphatic carbocycles. The normalized spacial score (nSPS) is 13.3. The van der Waals surface area contributed by atoms with Gasteiger partial charge < -0.3 is 29.7 Å². The largest absolute Gasteiger partial charge is 0.497 e. The van der Waals surface area contributed by atoms with Crippen molar-refractivity contribution in [2.24, 2.45) is 7.05 Å². The minimum absolute atomic E-state index is 0.137. The van der Waals surface area contributed by atoms with Crippen LogP contribution in [-0.4, -0.2) is 56.1 Å². The number of hydrogen-bond donors (Lipinski definition) is 2. The summed E-state index contributed by atoms with van der Waals surface area (Å²) in [7, 11) is 4.77. The van der Waals surface area contributed by atoms with Crippen LogP contribution in [0.15, 0.2) is 53.3 Å². The van der Waals surface area contributed by atoms with Crippen LogP contribution >= 0.6 is 0 Å². The van der Waals surface area contributed by atoms with Crippen molar-refractivity contribution in [2.45, 2.75) is 0 Å². The fourth-order valence-electron chi connectivity index (χ4n) is 3.63. The van der Waals surface area contributed by atoms with E-state index in [1.807, 2.05) is 17.0 Å². The van der Waals surface area contributed by atoms with Crippen LogP contribution in [-0.2, 0) is 11.8 Å². The highest BCUT2D eigenvalue weighted by Gasteiger charge is 2.16. The van der Waals surface area contributed by atoms with Crippen molar-refractivity contribution in [1.82, 2.24) is 9.55 Å². The average Bonchev–Trinajstić information content (AvgIpc) is 2.87. The van der Waals surface area contributed by atoms with Crippen LogP contribution in [0.5, 0.6) is 11.5 Å². The summed E-state index contributed by atoms with van der Waals surface area (Å²) in [5.41, 5.74) is 1.72. The summed E-state index contributed by atoms with van der Waals surface area (Å²) in [5, 5.41) is 5.55. The standard InChI is InChI=1S/C24H27N5O5/c1-28-22(30)15-21(29-10-12-34-13-11-29)27-23(28)16-4-6-17(7-5-16)25-24(31)26-19-9-8-18(32-2)14-20(19)33-3/h4-9,14-15H,10-13H2,1-3H3,(H2,25,26,31). The van der Waals surface area contributed by atoms with Crippen LogP contribution < -0.4 is 30.6 Å². The first-order valence-corrected chi connectivity index (χ1v) is 10.8. The molecule has 2 amide bonds. The van der Waals surface area contributed by atoms with Gasteiger partial charge in [0, 0.05) is 43.5 Å². The number of hydrogen-bond acceptors (Lipinski definition) is 7. The molecule has 2 N–H and O–H groups in total.